The third-order valence-electron chi connectivity index (χ3n) is 5.61. The second-order valence-electron chi connectivity index (χ2n) is 7.43. The summed E-state index contributed by atoms with van der Waals surface area (Å²) in [5.74, 6) is 1.40. The van der Waals surface area contributed by atoms with Crippen molar-refractivity contribution >= 4 is 5.91 Å². The van der Waals surface area contributed by atoms with Gasteiger partial charge in [0.1, 0.15) is 19.1 Å². The van der Waals surface area contributed by atoms with E-state index in [4.69, 9.17) is 14.2 Å². The van der Waals surface area contributed by atoms with Crippen molar-refractivity contribution in [2.45, 2.75) is 26.3 Å². The van der Waals surface area contributed by atoms with E-state index in [1.54, 1.807) is 7.11 Å². The highest BCUT2D eigenvalue weighted by atomic mass is 16.5. The average Bonchev–Trinajstić information content (AvgIpc) is 2.80. The number of carbonyl (C=O) groups is 1. The minimum absolute atomic E-state index is 0.0480. The molecular formula is C24H33N2O4+. The van der Waals surface area contributed by atoms with E-state index in [1.807, 2.05) is 43.3 Å². The van der Waals surface area contributed by atoms with Gasteiger partial charge in [0, 0.05) is 11.1 Å². The van der Waals surface area contributed by atoms with Gasteiger partial charge in [-0.25, -0.2) is 0 Å². The number of rotatable bonds is 9. The van der Waals surface area contributed by atoms with E-state index in [1.165, 1.54) is 10.5 Å². The molecule has 3 rings (SSSR count). The summed E-state index contributed by atoms with van der Waals surface area (Å²) in [4.78, 5) is 14.1. The Labute approximate surface area is 179 Å². The molecule has 1 aliphatic heterocycles. The Hall–Kier alpha value is -2.57. The molecule has 1 saturated heterocycles. The van der Waals surface area contributed by atoms with Crippen molar-refractivity contribution in [1.82, 2.24) is 5.32 Å². The summed E-state index contributed by atoms with van der Waals surface area (Å²) in [7, 11) is 1.65. The normalized spacial score (nSPS) is 15.4. The number of amides is 1. The van der Waals surface area contributed by atoms with Crippen LogP contribution in [0.25, 0.3) is 0 Å². The molecule has 1 amide bonds. The van der Waals surface area contributed by atoms with Crippen LogP contribution >= 0.6 is 0 Å². The van der Waals surface area contributed by atoms with Gasteiger partial charge < -0.3 is 24.4 Å². The molecule has 0 aliphatic carbocycles. The topological polar surface area (TPSA) is 61.2 Å². The first-order chi connectivity index (χ1) is 14.7. The molecule has 2 aromatic rings. The van der Waals surface area contributed by atoms with Gasteiger partial charge in [0.25, 0.3) is 5.91 Å². The summed E-state index contributed by atoms with van der Waals surface area (Å²) in [6.45, 7) is 8.45. The number of morpholine rings is 1. The van der Waals surface area contributed by atoms with Crippen molar-refractivity contribution in [3.05, 3.63) is 59.2 Å². The highest BCUT2D eigenvalue weighted by Gasteiger charge is 2.28. The Morgan fingerprint density at radius 2 is 1.83 bits per heavy atom. The molecular weight excluding hydrogens is 380 g/mol. The fraction of sp³-hybridized carbons (Fsp3) is 0.458. The number of nitrogens with one attached hydrogen (secondary N) is 2. The third kappa shape index (κ3) is 5.52. The summed E-state index contributed by atoms with van der Waals surface area (Å²) in [6, 6.07) is 14.0. The second-order valence-corrected chi connectivity index (χ2v) is 7.43. The molecule has 0 bridgehead atoms. The van der Waals surface area contributed by atoms with Gasteiger partial charge in [-0.2, -0.15) is 0 Å². The van der Waals surface area contributed by atoms with Crippen molar-refractivity contribution in [1.29, 1.82) is 0 Å². The fourth-order valence-corrected chi connectivity index (χ4v) is 3.84. The molecule has 2 aromatic carbocycles. The number of carbonyl (C=O) groups excluding carboxylic acids is 1. The molecule has 0 radical (unpaired) electrons. The minimum Gasteiger partial charge on any atom is -0.493 e. The van der Waals surface area contributed by atoms with Crippen LogP contribution in [0.2, 0.25) is 0 Å². The van der Waals surface area contributed by atoms with Crippen molar-refractivity contribution in [3.8, 4) is 11.5 Å². The lowest BCUT2D eigenvalue weighted by Crippen LogP contribution is -3.15. The second kappa shape index (κ2) is 11.0. The van der Waals surface area contributed by atoms with E-state index in [0.717, 1.165) is 44.0 Å². The number of methoxy groups -OCH3 is 1. The first-order valence-electron chi connectivity index (χ1n) is 10.8. The van der Waals surface area contributed by atoms with Crippen molar-refractivity contribution in [2.24, 2.45) is 0 Å². The van der Waals surface area contributed by atoms with Gasteiger partial charge in [-0.3, -0.25) is 4.79 Å². The van der Waals surface area contributed by atoms with Gasteiger partial charge in [-0.15, -0.1) is 0 Å². The fourth-order valence-electron chi connectivity index (χ4n) is 3.84. The lowest BCUT2D eigenvalue weighted by molar-refractivity contribution is -0.937. The maximum absolute atomic E-state index is 12.7. The number of benzene rings is 2. The predicted molar refractivity (Wildman–Crippen MR) is 117 cm³/mol. The van der Waals surface area contributed by atoms with Gasteiger partial charge >= 0.3 is 0 Å². The van der Waals surface area contributed by atoms with Crippen LogP contribution in [-0.2, 0) is 11.2 Å². The van der Waals surface area contributed by atoms with Gasteiger partial charge in [-0.1, -0.05) is 19.1 Å². The van der Waals surface area contributed by atoms with E-state index in [0.29, 0.717) is 24.5 Å². The van der Waals surface area contributed by atoms with Gasteiger partial charge in [0.05, 0.1) is 33.5 Å². The van der Waals surface area contributed by atoms with Crippen LogP contribution in [0.3, 0.4) is 0 Å². The van der Waals surface area contributed by atoms with Gasteiger partial charge in [0.15, 0.2) is 11.5 Å². The van der Waals surface area contributed by atoms with Crippen LogP contribution in [0.15, 0.2) is 42.5 Å². The number of quaternary nitrogens is 1. The lowest BCUT2D eigenvalue weighted by atomic mass is 10.0. The molecule has 1 atom stereocenters. The zero-order valence-electron chi connectivity index (χ0n) is 18.2. The highest BCUT2D eigenvalue weighted by molar-refractivity contribution is 5.94. The molecule has 0 saturated carbocycles. The average molecular weight is 414 g/mol. The predicted octanol–water partition coefficient (Wildman–Crippen LogP) is 2.04. The molecule has 0 spiro atoms. The Morgan fingerprint density at radius 1 is 1.10 bits per heavy atom. The monoisotopic (exact) mass is 413 g/mol. The zero-order chi connectivity index (χ0) is 21.3. The number of aryl methyl sites for hydroxylation is 1. The van der Waals surface area contributed by atoms with Crippen molar-refractivity contribution in [2.75, 3.05) is 46.6 Å². The van der Waals surface area contributed by atoms with Crippen LogP contribution in [0.5, 0.6) is 11.5 Å². The lowest BCUT2D eigenvalue weighted by Gasteiger charge is -2.32. The molecule has 2 N–H and O–H groups in total. The molecule has 162 valence electrons. The van der Waals surface area contributed by atoms with E-state index in [-0.39, 0.29) is 11.9 Å². The van der Waals surface area contributed by atoms with E-state index in [2.05, 4.69) is 18.3 Å². The summed E-state index contributed by atoms with van der Waals surface area (Å²) in [5, 5.41) is 3.14. The van der Waals surface area contributed by atoms with Crippen LogP contribution in [0.1, 0.15) is 41.4 Å². The molecule has 30 heavy (non-hydrogen) atoms. The SMILES string of the molecule is CCOc1ccc([C@H](CNC(=O)c2ccc(CC)cc2)[NH+]2CCOCC2)cc1OC. The zero-order valence-corrected chi connectivity index (χ0v) is 18.2. The maximum Gasteiger partial charge on any atom is 0.251 e. The molecule has 0 unspecified atom stereocenters. The van der Waals surface area contributed by atoms with Crippen LogP contribution in [0, 0.1) is 0 Å². The number of hydrogen-bond donors (Lipinski definition) is 2. The Bertz CT molecular complexity index is 816. The minimum atomic E-state index is -0.0480. The molecule has 1 aliphatic rings. The first kappa shape index (κ1) is 22.1. The largest absolute Gasteiger partial charge is 0.493 e. The van der Waals surface area contributed by atoms with Crippen LogP contribution in [-0.4, -0.2) is 52.5 Å². The molecule has 1 fully saturated rings. The van der Waals surface area contributed by atoms with E-state index >= 15 is 0 Å². The molecule has 6 heteroatoms. The van der Waals surface area contributed by atoms with Gasteiger partial charge in [0.2, 0.25) is 0 Å². The van der Waals surface area contributed by atoms with Crippen molar-refractivity contribution < 1.29 is 23.9 Å². The first-order valence-corrected chi connectivity index (χ1v) is 10.8. The Morgan fingerprint density at radius 3 is 2.47 bits per heavy atom. The van der Waals surface area contributed by atoms with E-state index in [9.17, 15) is 4.79 Å². The summed E-state index contributed by atoms with van der Waals surface area (Å²) in [5.41, 5.74) is 3.03. The van der Waals surface area contributed by atoms with Crippen molar-refractivity contribution in [3.63, 3.8) is 0 Å². The standard InChI is InChI=1S/C24H32N2O4/c1-4-18-6-8-19(9-7-18)24(27)25-17-21(26-12-14-29-15-13-26)20-10-11-22(30-5-2)23(16-20)28-3/h6-11,16,21H,4-5,12-15,17H2,1-3H3,(H,25,27)/p+1/t21-/m0/s1. The molecule has 0 aromatic heterocycles. The quantitative estimate of drug-likeness (QED) is 0.661. The smallest absolute Gasteiger partial charge is 0.251 e. The Balaban J connectivity index is 1.77. The third-order valence-corrected chi connectivity index (χ3v) is 5.61. The maximum atomic E-state index is 12.7. The highest BCUT2D eigenvalue weighted by Crippen LogP contribution is 2.29. The molecule has 1 heterocycles. The van der Waals surface area contributed by atoms with E-state index < -0.39 is 0 Å². The summed E-state index contributed by atoms with van der Waals surface area (Å²) in [6.07, 6.45) is 0.962. The number of hydrogen-bond acceptors (Lipinski definition) is 4. The molecule has 6 nitrogen and oxygen atoms in total. The summed E-state index contributed by atoms with van der Waals surface area (Å²) >= 11 is 0. The van der Waals surface area contributed by atoms with Crippen LogP contribution < -0.4 is 19.7 Å². The van der Waals surface area contributed by atoms with Gasteiger partial charge in [-0.05, 0) is 49.2 Å². The number of ether oxygens (including phenoxy) is 3. The van der Waals surface area contributed by atoms with Crippen LogP contribution in [0.4, 0.5) is 0 Å². The Kier molecular flexibility index (Phi) is 8.11. The summed E-state index contributed by atoms with van der Waals surface area (Å²) < 4.78 is 16.8.